The summed E-state index contributed by atoms with van der Waals surface area (Å²) in [6, 6.07) is 2.59. The molecule has 2 nitrogen and oxygen atoms in total. The summed E-state index contributed by atoms with van der Waals surface area (Å²) in [7, 11) is 2.37. The van der Waals surface area contributed by atoms with Crippen LogP contribution >= 0.6 is 0 Å². The molecular formula is C15H28N2. The minimum absolute atomic E-state index is 0.850. The first-order valence-corrected chi connectivity index (χ1v) is 7.68. The van der Waals surface area contributed by atoms with E-state index in [1.54, 1.807) is 0 Å². The van der Waals surface area contributed by atoms with Crippen molar-refractivity contribution in [3.8, 4) is 0 Å². The molecule has 3 aliphatic rings. The highest BCUT2D eigenvalue weighted by molar-refractivity contribution is 4.98. The van der Waals surface area contributed by atoms with Gasteiger partial charge in [0.15, 0.2) is 0 Å². The third-order valence-corrected chi connectivity index (χ3v) is 5.49. The van der Waals surface area contributed by atoms with Crippen LogP contribution in [0, 0.1) is 11.8 Å². The fraction of sp³-hybridized carbons (Fsp3) is 1.00. The maximum absolute atomic E-state index is 3.77. The van der Waals surface area contributed by atoms with Crippen LogP contribution in [-0.4, -0.2) is 36.6 Å². The highest BCUT2D eigenvalue weighted by Crippen LogP contribution is 2.35. The van der Waals surface area contributed by atoms with Gasteiger partial charge in [-0.2, -0.15) is 0 Å². The van der Waals surface area contributed by atoms with Gasteiger partial charge in [0.2, 0.25) is 0 Å². The first kappa shape index (κ1) is 12.0. The SMILES string of the molecule is CC1CCCC(N(C)CC2CC3CCC2N3)C1. The van der Waals surface area contributed by atoms with E-state index >= 15 is 0 Å². The first-order chi connectivity index (χ1) is 8.22. The van der Waals surface area contributed by atoms with Gasteiger partial charge in [-0.15, -0.1) is 0 Å². The van der Waals surface area contributed by atoms with Crippen LogP contribution in [0.1, 0.15) is 51.9 Å². The molecule has 17 heavy (non-hydrogen) atoms. The minimum atomic E-state index is 0.850. The molecule has 2 heterocycles. The molecule has 0 amide bonds. The molecule has 1 aliphatic carbocycles. The van der Waals surface area contributed by atoms with Gasteiger partial charge in [0.25, 0.3) is 0 Å². The topological polar surface area (TPSA) is 15.3 Å². The van der Waals surface area contributed by atoms with Crippen LogP contribution in [-0.2, 0) is 0 Å². The van der Waals surface area contributed by atoms with Crippen LogP contribution in [0.4, 0.5) is 0 Å². The van der Waals surface area contributed by atoms with E-state index < -0.39 is 0 Å². The third-order valence-electron chi connectivity index (χ3n) is 5.49. The molecule has 3 fully saturated rings. The van der Waals surface area contributed by atoms with Crippen molar-refractivity contribution in [2.75, 3.05) is 13.6 Å². The van der Waals surface area contributed by atoms with Crippen molar-refractivity contribution < 1.29 is 0 Å². The van der Waals surface area contributed by atoms with Crippen molar-refractivity contribution in [3.63, 3.8) is 0 Å². The summed E-state index contributed by atoms with van der Waals surface area (Å²) in [5.41, 5.74) is 0. The van der Waals surface area contributed by atoms with E-state index in [9.17, 15) is 0 Å². The van der Waals surface area contributed by atoms with E-state index in [1.807, 2.05) is 0 Å². The average Bonchev–Trinajstić information content (AvgIpc) is 2.91. The van der Waals surface area contributed by atoms with Gasteiger partial charge in [0.05, 0.1) is 0 Å². The highest BCUT2D eigenvalue weighted by atomic mass is 15.1. The van der Waals surface area contributed by atoms with E-state index in [-0.39, 0.29) is 0 Å². The predicted octanol–water partition coefficient (Wildman–Crippen LogP) is 2.64. The fourth-order valence-electron chi connectivity index (χ4n) is 4.46. The second-order valence-electron chi connectivity index (χ2n) is 6.91. The molecule has 5 atom stereocenters. The van der Waals surface area contributed by atoms with E-state index in [4.69, 9.17) is 0 Å². The van der Waals surface area contributed by atoms with Crippen LogP contribution in [0.3, 0.4) is 0 Å². The minimum Gasteiger partial charge on any atom is -0.311 e. The van der Waals surface area contributed by atoms with Crippen molar-refractivity contribution in [3.05, 3.63) is 0 Å². The summed E-state index contributed by atoms with van der Waals surface area (Å²) in [6.07, 6.45) is 10.1. The van der Waals surface area contributed by atoms with Gasteiger partial charge in [0, 0.05) is 24.7 Å². The number of fused-ring (bicyclic) bond motifs is 2. The van der Waals surface area contributed by atoms with Crippen molar-refractivity contribution in [1.29, 1.82) is 0 Å². The Kier molecular flexibility index (Phi) is 3.45. The Morgan fingerprint density at radius 1 is 1.12 bits per heavy atom. The van der Waals surface area contributed by atoms with Crippen LogP contribution in [0.25, 0.3) is 0 Å². The molecule has 2 heteroatoms. The van der Waals surface area contributed by atoms with E-state index in [0.717, 1.165) is 30.0 Å². The lowest BCUT2D eigenvalue weighted by atomic mass is 9.84. The molecule has 0 aromatic carbocycles. The number of nitrogens with zero attached hydrogens (tertiary/aromatic N) is 1. The Labute approximate surface area is 106 Å². The highest BCUT2D eigenvalue weighted by Gasteiger charge is 2.39. The zero-order chi connectivity index (χ0) is 11.8. The lowest BCUT2D eigenvalue weighted by Gasteiger charge is -2.36. The third kappa shape index (κ3) is 2.53. The molecule has 2 saturated heterocycles. The molecule has 3 rings (SSSR count). The summed E-state index contributed by atoms with van der Waals surface area (Å²) in [5.74, 6) is 1.89. The average molecular weight is 236 g/mol. The quantitative estimate of drug-likeness (QED) is 0.810. The van der Waals surface area contributed by atoms with Gasteiger partial charge in [-0.25, -0.2) is 0 Å². The Balaban J connectivity index is 1.51. The van der Waals surface area contributed by atoms with Gasteiger partial charge in [0.1, 0.15) is 0 Å². The maximum atomic E-state index is 3.77. The predicted molar refractivity (Wildman–Crippen MR) is 72.1 cm³/mol. The normalized spacial score (nSPS) is 45.7. The van der Waals surface area contributed by atoms with Crippen LogP contribution in [0.15, 0.2) is 0 Å². The molecule has 2 aliphatic heterocycles. The molecule has 0 aromatic heterocycles. The Bertz CT molecular complexity index is 266. The lowest BCUT2D eigenvalue weighted by molar-refractivity contribution is 0.136. The number of rotatable bonds is 3. The van der Waals surface area contributed by atoms with Gasteiger partial charge >= 0.3 is 0 Å². The van der Waals surface area contributed by atoms with Crippen molar-refractivity contribution in [2.45, 2.75) is 70.0 Å². The second-order valence-corrected chi connectivity index (χ2v) is 6.91. The lowest BCUT2D eigenvalue weighted by Crippen LogP contribution is -2.41. The monoisotopic (exact) mass is 236 g/mol. The van der Waals surface area contributed by atoms with E-state index in [1.165, 1.54) is 51.5 Å². The Morgan fingerprint density at radius 2 is 2.00 bits per heavy atom. The largest absolute Gasteiger partial charge is 0.311 e. The van der Waals surface area contributed by atoms with Crippen LogP contribution < -0.4 is 5.32 Å². The molecule has 1 saturated carbocycles. The van der Waals surface area contributed by atoms with E-state index in [2.05, 4.69) is 24.2 Å². The van der Waals surface area contributed by atoms with Crippen LogP contribution in [0.2, 0.25) is 0 Å². The smallest absolute Gasteiger partial charge is 0.0111 e. The van der Waals surface area contributed by atoms with Gasteiger partial charge in [-0.05, 0) is 51.0 Å². The molecular weight excluding hydrogens is 208 g/mol. The van der Waals surface area contributed by atoms with Gasteiger partial charge in [-0.1, -0.05) is 19.8 Å². The number of hydrogen-bond donors (Lipinski definition) is 1. The van der Waals surface area contributed by atoms with Crippen molar-refractivity contribution in [2.24, 2.45) is 11.8 Å². The van der Waals surface area contributed by atoms with Crippen LogP contribution in [0.5, 0.6) is 0 Å². The summed E-state index contributed by atoms with van der Waals surface area (Å²) in [6.45, 7) is 3.77. The first-order valence-electron chi connectivity index (χ1n) is 7.68. The van der Waals surface area contributed by atoms with Crippen molar-refractivity contribution in [1.82, 2.24) is 10.2 Å². The molecule has 5 unspecified atom stereocenters. The van der Waals surface area contributed by atoms with Gasteiger partial charge in [-0.3, -0.25) is 0 Å². The standard InChI is InChI=1S/C15H28N2/c1-11-4-3-5-14(8-11)17(2)10-12-9-13-6-7-15(12)16-13/h11-16H,3-10H2,1-2H3. The summed E-state index contributed by atoms with van der Waals surface area (Å²) in [5, 5.41) is 3.77. The molecule has 98 valence electrons. The Hall–Kier alpha value is -0.0800. The Morgan fingerprint density at radius 3 is 2.65 bits per heavy atom. The molecule has 2 bridgehead atoms. The maximum Gasteiger partial charge on any atom is 0.0111 e. The van der Waals surface area contributed by atoms with Crippen molar-refractivity contribution >= 4 is 0 Å². The number of nitrogens with one attached hydrogen (secondary N) is 1. The second kappa shape index (κ2) is 4.89. The zero-order valence-electron chi connectivity index (χ0n) is 11.5. The summed E-state index contributed by atoms with van der Waals surface area (Å²) in [4.78, 5) is 2.68. The molecule has 0 radical (unpaired) electrons. The summed E-state index contributed by atoms with van der Waals surface area (Å²) >= 11 is 0. The molecule has 1 N–H and O–H groups in total. The fourth-order valence-corrected chi connectivity index (χ4v) is 4.46. The zero-order valence-corrected chi connectivity index (χ0v) is 11.5. The molecule has 0 aromatic rings. The summed E-state index contributed by atoms with van der Waals surface area (Å²) < 4.78 is 0. The van der Waals surface area contributed by atoms with Gasteiger partial charge < -0.3 is 10.2 Å². The number of hydrogen-bond acceptors (Lipinski definition) is 2. The van der Waals surface area contributed by atoms with E-state index in [0.29, 0.717) is 0 Å². The molecule has 0 spiro atoms.